The fourth-order valence-corrected chi connectivity index (χ4v) is 0.875. The normalized spacial score (nSPS) is 13.0. The van der Waals surface area contributed by atoms with Gasteiger partial charge >= 0.3 is 0 Å². The van der Waals surface area contributed by atoms with Crippen molar-refractivity contribution in [3.05, 3.63) is 12.2 Å². The fourth-order valence-electron chi connectivity index (χ4n) is 0.875. The summed E-state index contributed by atoms with van der Waals surface area (Å²) in [6, 6.07) is 0. The van der Waals surface area contributed by atoms with E-state index in [2.05, 4.69) is 18.8 Å². The summed E-state index contributed by atoms with van der Waals surface area (Å²) in [7, 11) is 1.73. The van der Waals surface area contributed by atoms with E-state index in [-0.39, 0.29) is 0 Å². The van der Waals surface area contributed by atoms with Crippen molar-refractivity contribution in [3.8, 4) is 0 Å². The summed E-state index contributed by atoms with van der Waals surface area (Å²) in [6.07, 6.45) is 0. The molecule has 1 N–H and O–H groups in total. The van der Waals surface area contributed by atoms with Gasteiger partial charge in [0.05, 0.1) is 0 Å². The molecule has 66 valence electrons. The quantitative estimate of drug-likeness (QED) is 0.589. The van der Waals surface area contributed by atoms with E-state index in [1.807, 2.05) is 6.92 Å². The van der Waals surface area contributed by atoms with Crippen LogP contribution >= 0.6 is 0 Å². The van der Waals surface area contributed by atoms with Crippen LogP contribution in [0, 0.1) is 5.92 Å². The lowest BCUT2D eigenvalue weighted by Gasteiger charge is -2.10. The predicted molar refractivity (Wildman–Crippen MR) is 48.7 cm³/mol. The molecule has 2 heteroatoms. The Morgan fingerprint density at radius 1 is 1.64 bits per heavy atom. The number of nitrogens with one attached hydrogen (secondary N) is 1. The lowest BCUT2D eigenvalue weighted by molar-refractivity contribution is 0.159. The molecular formula is C9H19NO. The Labute approximate surface area is 69.6 Å². The Kier molecular flexibility index (Phi) is 6.18. The van der Waals surface area contributed by atoms with Crippen LogP contribution in [-0.4, -0.2) is 26.8 Å². The van der Waals surface area contributed by atoms with Crippen molar-refractivity contribution >= 4 is 0 Å². The van der Waals surface area contributed by atoms with Gasteiger partial charge in [-0.15, -0.1) is 0 Å². The van der Waals surface area contributed by atoms with Crippen LogP contribution in [0.4, 0.5) is 0 Å². The molecule has 0 heterocycles. The molecule has 0 aliphatic heterocycles. The highest BCUT2D eigenvalue weighted by atomic mass is 16.5. The van der Waals surface area contributed by atoms with Crippen molar-refractivity contribution < 1.29 is 4.74 Å². The molecule has 0 aromatic carbocycles. The highest BCUT2D eigenvalue weighted by molar-refractivity contribution is 4.90. The van der Waals surface area contributed by atoms with Gasteiger partial charge in [0.25, 0.3) is 0 Å². The van der Waals surface area contributed by atoms with Crippen molar-refractivity contribution in [3.63, 3.8) is 0 Å². The molecule has 1 atom stereocenters. The number of rotatable bonds is 6. The Bertz CT molecular complexity index is 112. The minimum atomic E-state index is 0.583. The second-order valence-electron chi connectivity index (χ2n) is 3.15. The van der Waals surface area contributed by atoms with Crippen molar-refractivity contribution in [1.82, 2.24) is 5.32 Å². The smallest absolute Gasteiger partial charge is 0.0499 e. The van der Waals surface area contributed by atoms with Crippen LogP contribution in [0.25, 0.3) is 0 Å². The molecular weight excluding hydrogens is 138 g/mol. The number of methoxy groups -OCH3 is 1. The van der Waals surface area contributed by atoms with E-state index in [4.69, 9.17) is 4.74 Å². The summed E-state index contributed by atoms with van der Waals surface area (Å²) < 4.78 is 5.00. The highest BCUT2D eigenvalue weighted by Gasteiger charge is 1.98. The maximum atomic E-state index is 5.00. The van der Waals surface area contributed by atoms with Crippen molar-refractivity contribution in [2.75, 3.05) is 26.8 Å². The molecule has 0 aliphatic carbocycles. The zero-order valence-electron chi connectivity index (χ0n) is 7.81. The molecule has 0 saturated carbocycles. The van der Waals surface area contributed by atoms with Gasteiger partial charge in [0.1, 0.15) is 0 Å². The monoisotopic (exact) mass is 157 g/mol. The SMILES string of the molecule is C=C(C)CNCC(C)COC. The summed E-state index contributed by atoms with van der Waals surface area (Å²) in [5.41, 5.74) is 1.18. The van der Waals surface area contributed by atoms with Gasteiger partial charge in [0.15, 0.2) is 0 Å². The van der Waals surface area contributed by atoms with Gasteiger partial charge in [-0.1, -0.05) is 19.1 Å². The Morgan fingerprint density at radius 3 is 2.73 bits per heavy atom. The first-order valence-corrected chi connectivity index (χ1v) is 4.00. The molecule has 0 saturated heterocycles. The predicted octanol–water partition coefficient (Wildman–Crippen LogP) is 1.43. The van der Waals surface area contributed by atoms with Gasteiger partial charge in [0.2, 0.25) is 0 Å². The van der Waals surface area contributed by atoms with Crippen LogP contribution in [0.1, 0.15) is 13.8 Å². The third-order valence-electron chi connectivity index (χ3n) is 1.37. The van der Waals surface area contributed by atoms with Crippen molar-refractivity contribution in [2.45, 2.75) is 13.8 Å². The number of hydrogen-bond acceptors (Lipinski definition) is 2. The molecule has 0 spiro atoms. The van der Waals surface area contributed by atoms with E-state index in [0.717, 1.165) is 19.7 Å². The summed E-state index contributed by atoms with van der Waals surface area (Å²) >= 11 is 0. The molecule has 0 bridgehead atoms. The summed E-state index contributed by atoms with van der Waals surface area (Å²) in [4.78, 5) is 0. The molecule has 11 heavy (non-hydrogen) atoms. The van der Waals surface area contributed by atoms with Gasteiger partial charge < -0.3 is 10.1 Å². The average molecular weight is 157 g/mol. The van der Waals surface area contributed by atoms with Gasteiger partial charge in [-0.25, -0.2) is 0 Å². The maximum Gasteiger partial charge on any atom is 0.0499 e. The molecule has 0 aliphatic rings. The van der Waals surface area contributed by atoms with Gasteiger partial charge in [0, 0.05) is 26.8 Å². The van der Waals surface area contributed by atoms with E-state index in [1.54, 1.807) is 7.11 Å². The van der Waals surface area contributed by atoms with Gasteiger partial charge in [-0.3, -0.25) is 0 Å². The molecule has 1 unspecified atom stereocenters. The van der Waals surface area contributed by atoms with Crippen molar-refractivity contribution in [2.24, 2.45) is 5.92 Å². The second-order valence-corrected chi connectivity index (χ2v) is 3.15. The largest absolute Gasteiger partial charge is 0.384 e. The standard InChI is InChI=1S/C9H19NO/c1-8(2)5-10-6-9(3)7-11-4/h9-10H,1,5-7H2,2-4H3. The van der Waals surface area contributed by atoms with Crippen LogP contribution < -0.4 is 5.32 Å². The molecule has 0 amide bonds. The van der Waals surface area contributed by atoms with Crippen LogP contribution in [0.5, 0.6) is 0 Å². The van der Waals surface area contributed by atoms with Gasteiger partial charge in [-0.2, -0.15) is 0 Å². The third kappa shape index (κ3) is 7.56. The van der Waals surface area contributed by atoms with E-state index in [0.29, 0.717) is 5.92 Å². The Balaban J connectivity index is 3.16. The number of ether oxygens (including phenoxy) is 1. The molecule has 0 aromatic heterocycles. The zero-order valence-corrected chi connectivity index (χ0v) is 7.81. The molecule has 0 radical (unpaired) electrons. The van der Waals surface area contributed by atoms with Gasteiger partial charge in [-0.05, 0) is 12.8 Å². The molecule has 0 fully saturated rings. The second kappa shape index (κ2) is 6.38. The maximum absolute atomic E-state index is 5.00. The summed E-state index contributed by atoms with van der Waals surface area (Å²) in [5, 5.41) is 3.29. The Morgan fingerprint density at radius 2 is 2.27 bits per heavy atom. The lowest BCUT2D eigenvalue weighted by Crippen LogP contribution is -2.24. The first kappa shape index (κ1) is 10.7. The molecule has 0 aromatic rings. The average Bonchev–Trinajstić information content (AvgIpc) is 1.87. The molecule has 2 nitrogen and oxygen atoms in total. The van der Waals surface area contributed by atoms with Crippen molar-refractivity contribution in [1.29, 1.82) is 0 Å². The summed E-state index contributed by atoms with van der Waals surface area (Å²) in [5.74, 6) is 0.583. The Hall–Kier alpha value is -0.340. The van der Waals surface area contributed by atoms with E-state index < -0.39 is 0 Å². The fraction of sp³-hybridized carbons (Fsp3) is 0.778. The summed E-state index contributed by atoms with van der Waals surface area (Å²) in [6.45, 7) is 10.7. The minimum Gasteiger partial charge on any atom is -0.384 e. The zero-order chi connectivity index (χ0) is 8.69. The first-order chi connectivity index (χ1) is 5.16. The molecule has 0 rings (SSSR count). The lowest BCUT2D eigenvalue weighted by atomic mass is 10.2. The van der Waals surface area contributed by atoms with Crippen LogP contribution in [0.2, 0.25) is 0 Å². The minimum absolute atomic E-state index is 0.583. The van der Waals surface area contributed by atoms with E-state index in [9.17, 15) is 0 Å². The van der Waals surface area contributed by atoms with Crippen LogP contribution in [0.3, 0.4) is 0 Å². The van der Waals surface area contributed by atoms with E-state index >= 15 is 0 Å². The van der Waals surface area contributed by atoms with E-state index in [1.165, 1.54) is 5.57 Å². The number of hydrogen-bond donors (Lipinski definition) is 1. The highest BCUT2D eigenvalue weighted by Crippen LogP contribution is 1.92. The van der Waals surface area contributed by atoms with Crippen LogP contribution in [0.15, 0.2) is 12.2 Å². The first-order valence-electron chi connectivity index (χ1n) is 4.00. The third-order valence-corrected chi connectivity index (χ3v) is 1.37. The topological polar surface area (TPSA) is 21.3 Å². The van der Waals surface area contributed by atoms with Crippen LogP contribution in [-0.2, 0) is 4.74 Å².